The van der Waals surface area contributed by atoms with Crippen molar-refractivity contribution in [2.75, 3.05) is 0 Å². The summed E-state index contributed by atoms with van der Waals surface area (Å²) in [6, 6.07) is 0. The van der Waals surface area contributed by atoms with Gasteiger partial charge in [0, 0.05) is 6.92 Å². The van der Waals surface area contributed by atoms with Crippen LogP contribution in [0.3, 0.4) is 0 Å². The van der Waals surface area contributed by atoms with Crippen LogP contribution in [0.25, 0.3) is 0 Å². The summed E-state index contributed by atoms with van der Waals surface area (Å²) in [5, 5.41) is 0. The first-order valence-electron chi connectivity index (χ1n) is 3.01. The van der Waals surface area contributed by atoms with Crippen molar-refractivity contribution in [3.63, 3.8) is 0 Å². The first-order valence-corrected chi connectivity index (χ1v) is 5.34. The zero-order valence-corrected chi connectivity index (χ0v) is 8.16. The Kier molecular flexibility index (Phi) is 2.95. The molecule has 1 aliphatic heterocycles. The molecule has 11 heavy (non-hydrogen) atoms. The fourth-order valence-corrected chi connectivity index (χ4v) is 2.00. The number of esters is 1. The van der Waals surface area contributed by atoms with E-state index in [0.29, 0.717) is 9.39 Å². The molecule has 0 bridgehead atoms. The molecule has 1 aliphatic rings. The highest BCUT2D eigenvalue weighted by Gasteiger charge is 2.05. The second-order valence-corrected chi connectivity index (χ2v) is 4.40. The second-order valence-electron chi connectivity index (χ2n) is 1.90. The van der Waals surface area contributed by atoms with Gasteiger partial charge in [0.2, 0.25) is 0 Å². The molecule has 0 fully saturated rings. The molecule has 1 rings (SSSR count). The normalized spacial score (nSPS) is 16.2. The third-order valence-electron chi connectivity index (χ3n) is 0.990. The van der Waals surface area contributed by atoms with Crippen LogP contribution in [0.2, 0.25) is 0 Å². The molecule has 0 spiro atoms. The van der Waals surface area contributed by atoms with E-state index in [-0.39, 0.29) is 26.7 Å². The Balaban J connectivity index is 2.73. The third-order valence-corrected chi connectivity index (χ3v) is 2.97. The molecule has 0 aromatic heterocycles. The maximum atomic E-state index is 10.5. The molecule has 0 saturated heterocycles. The summed E-state index contributed by atoms with van der Waals surface area (Å²) >= 11 is -0.252. The van der Waals surface area contributed by atoms with Crippen LogP contribution in [-0.2, 0) is 9.53 Å². The number of allylic oxidation sites excluding steroid dienone is 2. The predicted molar refractivity (Wildman–Crippen MR) is 52.2 cm³/mol. The molecule has 0 unspecified atom stereocenters. The first-order chi connectivity index (χ1) is 5.20. The summed E-state index contributed by atoms with van der Waals surface area (Å²) in [7, 11) is 0. The maximum Gasteiger partial charge on any atom is 0.308 e. The lowest BCUT2D eigenvalue weighted by atomic mass is 10.4. The lowest BCUT2D eigenvalue weighted by Crippen LogP contribution is -2.16. The average Bonchev–Trinajstić information content (AvgIpc) is 1.93. The summed E-state index contributed by atoms with van der Waals surface area (Å²) in [5.41, 5.74) is 5.60. The average molecular weight is 265 g/mol. The molecular weight excluding hydrogens is 257 g/mol. The molecule has 4 heteroatoms. The van der Waals surface area contributed by atoms with Gasteiger partial charge in [0.25, 0.3) is 0 Å². The van der Waals surface area contributed by atoms with E-state index in [2.05, 4.69) is 0 Å². The third kappa shape index (κ3) is 2.55. The highest BCUT2D eigenvalue weighted by atomic mass is 127. The van der Waals surface area contributed by atoms with Crippen molar-refractivity contribution in [1.82, 2.24) is 0 Å². The largest absolute Gasteiger partial charge is 0.425 e. The van der Waals surface area contributed by atoms with Crippen LogP contribution in [0, 0.1) is 0 Å². The van der Waals surface area contributed by atoms with Crippen molar-refractivity contribution in [3.8, 4) is 0 Å². The number of carbonyl (C=O) groups is 1. The molecule has 3 nitrogen and oxygen atoms in total. The van der Waals surface area contributed by atoms with E-state index in [1.165, 1.54) is 6.92 Å². The van der Waals surface area contributed by atoms with E-state index in [1.807, 2.05) is 10.2 Å². The van der Waals surface area contributed by atoms with Crippen LogP contribution in [0.15, 0.2) is 22.0 Å². The van der Waals surface area contributed by atoms with Crippen molar-refractivity contribution < 1.29 is 9.53 Å². The van der Waals surface area contributed by atoms with Gasteiger partial charge in [-0.2, -0.15) is 0 Å². The fourth-order valence-electron chi connectivity index (χ4n) is 0.599. The van der Waals surface area contributed by atoms with Crippen LogP contribution >= 0.6 is 20.7 Å². The minimum absolute atomic E-state index is 0.252. The summed E-state index contributed by atoms with van der Waals surface area (Å²) < 4.78 is 7.56. The zero-order valence-electron chi connectivity index (χ0n) is 6.00. The Hall–Kier alpha value is -0.490. The van der Waals surface area contributed by atoms with E-state index in [1.54, 1.807) is 6.08 Å². The highest BCUT2D eigenvalue weighted by Crippen LogP contribution is 2.13. The number of hydrogen-bond donors (Lipinski definition) is 1. The molecule has 2 N–H and O–H groups in total. The topological polar surface area (TPSA) is 52.3 Å². The Morgan fingerprint density at radius 2 is 2.45 bits per heavy atom. The van der Waals surface area contributed by atoms with E-state index in [0.717, 1.165) is 0 Å². The predicted octanol–water partition coefficient (Wildman–Crippen LogP) is 1.02. The molecule has 0 atom stereocenters. The van der Waals surface area contributed by atoms with Crippen LogP contribution in [-0.4, -0.2) is 9.60 Å². The summed E-state index contributed by atoms with van der Waals surface area (Å²) in [5.74, 6) is 0.200. The Labute approximate surface area is 74.7 Å². The van der Waals surface area contributed by atoms with Gasteiger partial charge in [-0.3, -0.25) is 10.5 Å². The van der Waals surface area contributed by atoms with Gasteiger partial charge in [-0.1, -0.05) is 26.8 Å². The van der Waals surface area contributed by atoms with Crippen LogP contribution in [0.1, 0.15) is 6.92 Å². The Morgan fingerprint density at radius 1 is 1.73 bits per heavy atom. The summed E-state index contributed by atoms with van der Waals surface area (Å²) in [6.07, 6.45) is 3.57. The standard InChI is InChI=1S/C7H8INO2/c1-5(10)11-6-3-2-4-8-7(6)9/h2-4H,9H2,1H3. The number of carbonyl (C=O) groups excluding carboxylic acids is 1. The molecule has 1 heterocycles. The number of hydrogen-bond acceptors (Lipinski definition) is 3. The van der Waals surface area contributed by atoms with Crippen molar-refractivity contribution >= 4 is 30.3 Å². The van der Waals surface area contributed by atoms with Gasteiger partial charge in [0.15, 0.2) is 5.76 Å². The molecule has 0 saturated carbocycles. The van der Waals surface area contributed by atoms with Crippen LogP contribution in [0.4, 0.5) is 0 Å². The Morgan fingerprint density at radius 3 is 3.00 bits per heavy atom. The molecule has 0 aromatic carbocycles. The van der Waals surface area contributed by atoms with Gasteiger partial charge >= 0.3 is 5.97 Å². The molecular formula is C7H8INO2. The number of halogens is 1. The fraction of sp³-hybridized carbons (Fsp3) is 0.143. The molecule has 0 amide bonds. The molecule has 60 valence electrons. The highest BCUT2D eigenvalue weighted by molar-refractivity contribution is 14.2. The monoisotopic (exact) mass is 265 g/mol. The molecule has 0 radical (unpaired) electrons. The quantitative estimate of drug-likeness (QED) is 0.569. The molecule has 0 aromatic rings. The van der Waals surface area contributed by atoms with Crippen LogP contribution in [0.5, 0.6) is 0 Å². The van der Waals surface area contributed by atoms with Gasteiger partial charge < -0.3 is 4.74 Å². The number of ether oxygens (including phenoxy) is 1. The van der Waals surface area contributed by atoms with Gasteiger partial charge in [-0.15, -0.1) is 0 Å². The van der Waals surface area contributed by atoms with Crippen LogP contribution < -0.4 is 5.73 Å². The van der Waals surface area contributed by atoms with Crippen molar-refractivity contribution in [1.29, 1.82) is 0 Å². The molecule has 0 aliphatic carbocycles. The lowest BCUT2D eigenvalue weighted by Gasteiger charge is -2.06. The van der Waals surface area contributed by atoms with Crippen molar-refractivity contribution in [2.45, 2.75) is 6.92 Å². The number of nitrogens with two attached hydrogens (primary N) is 1. The number of rotatable bonds is 1. The summed E-state index contributed by atoms with van der Waals surface area (Å²) in [4.78, 5) is 10.5. The SMILES string of the molecule is CC(=O)OC1=CC=CI=C1N. The lowest BCUT2D eigenvalue weighted by molar-refractivity contribution is -0.136. The minimum atomic E-state index is -0.321. The first kappa shape index (κ1) is 8.61. The van der Waals surface area contributed by atoms with Gasteiger partial charge in [-0.25, -0.2) is 0 Å². The van der Waals surface area contributed by atoms with Gasteiger partial charge in [0.05, 0.1) is 3.63 Å². The van der Waals surface area contributed by atoms with E-state index in [9.17, 15) is 4.79 Å². The summed E-state index contributed by atoms with van der Waals surface area (Å²) in [6.45, 7) is 1.37. The zero-order chi connectivity index (χ0) is 8.27. The van der Waals surface area contributed by atoms with Crippen molar-refractivity contribution in [2.24, 2.45) is 5.73 Å². The van der Waals surface area contributed by atoms with Gasteiger partial charge in [-0.05, 0) is 10.2 Å². The van der Waals surface area contributed by atoms with Gasteiger partial charge in [0.1, 0.15) is 0 Å². The second kappa shape index (κ2) is 3.77. The van der Waals surface area contributed by atoms with E-state index >= 15 is 0 Å². The minimum Gasteiger partial charge on any atom is -0.425 e. The maximum absolute atomic E-state index is 10.5. The van der Waals surface area contributed by atoms with Crippen molar-refractivity contribution in [3.05, 3.63) is 22.0 Å². The van der Waals surface area contributed by atoms with E-state index < -0.39 is 0 Å². The smallest absolute Gasteiger partial charge is 0.308 e. The Bertz CT molecular complexity index is 266. The van der Waals surface area contributed by atoms with E-state index in [4.69, 9.17) is 10.5 Å².